The van der Waals surface area contributed by atoms with Crippen LogP contribution in [0, 0.1) is 66.1 Å². The standard InChI is InChI=1S/C16H25NO2.C15H23NO.C15H19NO.C14H21NO2.C14H17NO2.C9H9N.C8H7NO.2C6H10O.C2H2BOP.C2H3BO.CH3BOP.CH3BO.H2O.V/c1-17(2)12-15(13-6-8-14(18)9-7-13)16(19)10-4-3-5-11-16;2*1-12-5-7-13(8-6-12)14(11-16)15(17)9-3-2-4-10-15;2*15-10-13(11-4-6-12(16)7-5-11)14(17)8-2-1-3-9-14;1-8-2-4-9(5-3-8)6-7-10;9-6-5-7-1-3-8(10)4-2-7;2*7-6-4-2-1-3-5-6;1-2(3)5-4;1-2(3)4;1-2-4-3;1-2-3;;/h6-9,15,18-19H,3-5,10-12H2,1-2H3;5-8,14,17H,2-4,9-11,16H2,1H3;5-8,14,17H,2-4,9-10H2,1H3;4-7,13,16-17H,1-3,8-10,15H2;4-7,13,16-17H,1-3,8-9H2;2-5H,6H2,1H3;1-4,10H,5H2;2*1-5H2;1H2;2*1H3;1H3;1H2;/i/hD. The zero-order valence-corrected chi connectivity index (χ0v) is 86.7. The number of phenolic OH excluding ortho intramolecular Hbond substituents is 4. The Bertz CT molecular complexity index is 4480. The minimum absolute atomic E-state index is 0. The first kappa shape index (κ1) is 128. The van der Waals surface area contributed by atoms with E-state index in [9.17, 15) is 74.9 Å². The molecule has 5 unspecified atom stereocenters. The van der Waals surface area contributed by atoms with E-state index in [1.54, 1.807) is 86.6 Å². The van der Waals surface area contributed by atoms with Crippen LogP contribution in [0.1, 0.15) is 318 Å². The predicted molar refractivity (Wildman–Crippen MR) is 557 cm³/mol. The van der Waals surface area contributed by atoms with Crippen molar-refractivity contribution in [2.45, 2.75) is 337 Å². The number of rotatable bonds is 18. The van der Waals surface area contributed by atoms with E-state index in [4.69, 9.17) is 46.6 Å². The van der Waals surface area contributed by atoms with Crippen LogP contribution >= 0.6 is 16.8 Å². The Balaban J connectivity index is 0.00000154. The van der Waals surface area contributed by atoms with Gasteiger partial charge in [0.25, 0.3) is 0 Å². The molecule has 7 aliphatic carbocycles. The number of aliphatic hydroxyl groups is 5. The first-order valence-electron chi connectivity index (χ1n) is 49.0. The van der Waals surface area contributed by atoms with E-state index in [-0.39, 0.29) is 92.9 Å². The van der Waals surface area contributed by atoms with Crippen molar-refractivity contribution in [1.82, 2.24) is 4.90 Å². The van der Waals surface area contributed by atoms with Gasteiger partial charge < -0.3 is 72.6 Å². The molecule has 7 saturated carbocycles. The molecule has 7 fully saturated rings. The number of ketones is 2. The minimum atomic E-state index is -0.899. The first-order valence-corrected chi connectivity index (χ1v) is 50.2. The molecule has 0 aromatic heterocycles. The van der Waals surface area contributed by atoms with Crippen LogP contribution in [0.5, 0.6) is 23.0 Å². The van der Waals surface area contributed by atoms with Gasteiger partial charge >= 0.3 is 18.7 Å². The van der Waals surface area contributed by atoms with Gasteiger partial charge in [0.1, 0.15) is 42.4 Å². The van der Waals surface area contributed by atoms with Crippen LogP contribution in [0.3, 0.4) is 0 Å². The molecule has 0 bridgehead atoms. The second kappa shape index (κ2) is 73.9. The minimum Gasteiger partial charge on any atom is -0.508 e. The molecule has 7 aromatic rings. The maximum absolute atomic E-state index is 11.0. The zero-order valence-electron chi connectivity index (χ0n) is 84.5. The van der Waals surface area contributed by atoms with Crippen LogP contribution < -0.4 is 11.5 Å². The summed E-state index contributed by atoms with van der Waals surface area (Å²) in [6, 6.07) is 60.5. The molecule has 14 rings (SSSR count). The van der Waals surface area contributed by atoms with Crippen molar-refractivity contribution in [3.8, 4) is 47.3 Å². The topological polar surface area (TPSA) is 466 Å². The van der Waals surface area contributed by atoms with Crippen molar-refractivity contribution in [3.05, 3.63) is 237 Å². The summed E-state index contributed by atoms with van der Waals surface area (Å²) in [6.45, 7) is 17.1. The number of benzene rings is 7. The zero-order chi connectivity index (χ0) is 104. The Kier molecular flexibility index (Phi) is 68.1. The summed E-state index contributed by atoms with van der Waals surface area (Å²) < 4.78 is 32.1. The van der Waals surface area contributed by atoms with Gasteiger partial charge in [-0.1, -0.05) is 261 Å². The van der Waals surface area contributed by atoms with E-state index in [1.165, 1.54) is 74.5 Å². The number of nitrogens with two attached hydrogens (primary N) is 2. The molecule has 5 atom stereocenters. The van der Waals surface area contributed by atoms with Gasteiger partial charge in [-0.05, 0) is 224 Å². The molecule has 0 spiro atoms. The summed E-state index contributed by atoms with van der Waals surface area (Å²) in [6.07, 6.45) is 36.1. The molecule has 7 aromatic carbocycles. The summed E-state index contributed by atoms with van der Waals surface area (Å²) in [5.41, 5.74) is 24.8. The average Bonchev–Trinajstić information content (AvgIpc) is 0.805. The molecule has 139 heavy (non-hydrogen) atoms. The summed E-state index contributed by atoms with van der Waals surface area (Å²) in [5, 5.41) is 126. The third kappa shape index (κ3) is 53.0. The van der Waals surface area contributed by atoms with Gasteiger partial charge in [0.05, 0.1) is 91.0 Å². The van der Waals surface area contributed by atoms with Crippen molar-refractivity contribution in [3.63, 3.8) is 0 Å². The third-order valence-corrected chi connectivity index (χ3v) is 25.7. The number of nitriles is 4. The normalized spacial score (nSPS) is 17.3. The van der Waals surface area contributed by atoms with E-state index in [0.29, 0.717) is 50.3 Å². The number of aromatic hydroxyl groups is 4. The molecule has 7 aliphatic rings. The van der Waals surface area contributed by atoms with E-state index >= 15 is 0 Å². The van der Waals surface area contributed by atoms with Crippen LogP contribution in [0.4, 0.5) is 0 Å². The quantitative estimate of drug-likeness (QED) is 0.0281. The van der Waals surface area contributed by atoms with Gasteiger partial charge in [-0.2, -0.15) is 21.0 Å². The molecule has 0 heterocycles. The number of likely N-dealkylation sites (N-methyl/N-ethyl adjacent to an activating group) is 1. The van der Waals surface area contributed by atoms with Gasteiger partial charge in [0.15, 0.2) is 16.3 Å². The molecule has 0 saturated heterocycles. The number of aryl methyl sites for hydroxylation is 3. The van der Waals surface area contributed by atoms with Crippen LogP contribution in [0.2, 0.25) is 13.6 Å². The van der Waals surface area contributed by atoms with Crippen LogP contribution in [-0.2, 0) is 59.6 Å². The summed E-state index contributed by atoms with van der Waals surface area (Å²) in [4.78, 5) is 32.3. The van der Waals surface area contributed by atoms with E-state index in [0.717, 1.165) is 220 Å². The summed E-state index contributed by atoms with van der Waals surface area (Å²) in [7, 11) is 14.0. The molecule has 6 radical (unpaired) electrons. The molecule has 30 heteroatoms. The van der Waals surface area contributed by atoms with E-state index < -0.39 is 33.9 Å². The summed E-state index contributed by atoms with van der Waals surface area (Å²) >= 11 is 0. The number of Topliss-reactive ketones (excluding diaryl/α,β-unsaturated/α-hetero) is 2. The van der Waals surface area contributed by atoms with Crippen LogP contribution in [-0.4, -0.2) is 165 Å². The fraction of sp³-hybridized carbons (Fsp3) is 0.532. The Morgan fingerprint density at radius 2 is 0.633 bits per heavy atom. The molecule has 0 amide bonds. The van der Waals surface area contributed by atoms with Crippen molar-refractivity contribution >= 4 is 63.9 Å². The maximum atomic E-state index is 11.0. The molecule has 23 nitrogen and oxygen atoms in total. The third-order valence-electron chi connectivity index (χ3n) is 25.3. The molecule has 748 valence electrons. The second-order valence-corrected chi connectivity index (χ2v) is 38.2. The first-order chi connectivity index (χ1) is 66.4. The fourth-order valence-electron chi connectivity index (χ4n) is 17.8. The van der Waals surface area contributed by atoms with Crippen LogP contribution in [0.15, 0.2) is 182 Å². The van der Waals surface area contributed by atoms with Gasteiger partial charge in [0, 0.05) is 81.6 Å². The smallest absolute Gasteiger partial charge is 0.237 e. The van der Waals surface area contributed by atoms with Gasteiger partial charge in [-0.3, -0.25) is 18.7 Å². The van der Waals surface area contributed by atoms with Crippen molar-refractivity contribution in [1.29, 1.82) is 21.0 Å². The Morgan fingerprint density at radius 3 is 0.849 bits per heavy atom. The SMILES string of the molecule is CB=O.CN(C)CC(c1ccc(O)cc1)C1(O)CCCCC1.C[B]P=O.Cc1ccc(C(C#N)C2(O)CCCCC2)cc1.Cc1ccc(C(CN)C2(O)CCCCC2)cc1.Cc1ccc(CC#N)cc1.N#CC(c1ccc(O)cc1)C1(O)CCCCC1.N#CCc1ccc(O)cc1.NCC(c1ccc(O)cc1)C1(O)CCCCC1.O=C1CCCCC1.O=C1CCCCC1.[2H]O.[B]C(=C)P=O.[B]C(C)=O.[V]. The molecular formula is C109H154B4N7O16P2V. The number of carbonyl (C=O) groups is 3. The Morgan fingerprint density at radius 1 is 0.432 bits per heavy atom. The monoisotopic (exact) mass is 1980 g/mol. The van der Waals surface area contributed by atoms with Crippen molar-refractivity contribution in [2.75, 3.05) is 33.7 Å². The Labute approximate surface area is 850 Å². The van der Waals surface area contributed by atoms with Crippen molar-refractivity contribution in [2.24, 2.45) is 11.5 Å². The number of phenols is 4. The summed E-state index contributed by atoms with van der Waals surface area (Å²) in [5.74, 6) is 1.17. The van der Waals surface area contributed by atoms with E-state index in [1.807, 2.05) is 107 Å². The van der Waals surface area contributed by atoms with Crippen LogP contribution in [0.25, 0.3) is 0 Å². The number of nitrogens with zero attached hydrogens (tertiary/aromatic N) is 5. The maximum Gasteiger partial charge on any atom is 0.237 e. The predicted octanol–water partition coefficient (Wildman–Crippen LogP) is 21.0. The van der Waals surface area contributed by atoms with Gasteiger partial charge in [0.2, 0.25) is 8.43 Å². The molecular weight excluding hydrogens is 1820 g/mol. The largest absolute Gasteiger partial charge is 0.508 e. The van der Waals surface area contributed by atoms with Gasteiger partial charge in [-0.25, -0.2) is 0 Å². The second-order valence-electron chi connectivity index (χ2n) is 36.7. The van der Waals surface area contributed by atoms with Crippen molar-refractivity contribution < 1.29 is 99.6 Å². The number of hydrogen-bond donors (Lipinski definition) is 11. The average molecular weight is 1980 g/mol. The Hall–Kier alpha value is -9.07. The van der Waals surface area contributed by atoms with E-state index in [2.05, 4.69) is 68.7 Å². The van der Waals surface area contributed by atoms with Gasteiger partial charge in [-0.15, -0.1) is 0 Å². The molecule has 15 N–H and O–H groups in total. The molecule has 0 aliphatic heterocycles. The number of hydrogen-bond acceptors (Lipinski definition) is 22. The number of carbonyl (C=O) groups excluding carboxylic acids is 3. The fourth-order valence-corrected chi connectivity index (χ4v) is 17.8.